The molecule has 0 spiro atoms. The molecule has 1 saturated heterocycles. The number of nitriles is 1. The summed E-state index contributed by atoms with van der Waals surface area (Å²) in [5.41, 5.74) is 2.46. The zero-order valence-electron chi connectivity index (χ0n) is 13.7. The first-order valence-corrected chi connectivity index (χ1v) is 8.63. The van der Waals surface area contributed by atoms with Crippen LogP contribution in [0.3, 0.4) is 0 Å². The molecule has 1 aromatic heterocycles. The van der Waals surface area contributed by atoms with E-state index in [4.69, 9.17) is 4.98 Å². The number of aromatic nitrogens is 2. The number of nitrogens with zero attached hydrogens (tertiary/aromatic N) is 3. The van der Waals surface area contributed by atoms with E-state index in [1.54, 1.807) is 6.07 Å². The van der Waals surface area contributed by atoms with E-state index in [1.807, 2.05) is 30.3 Å². The normalized spacial score (nSPS) is 24.8. The minimum atomic E-state index is -0.856. The summed E-state index contributed by atoms with van der Waals surface area (Å²) in [6.45, 7) is 0.852. The molecular formula is C20H17FN4. The third kappa shape index (κ3) is 1.88. The Morgan fingerprint density at radius 1 is 1.24 bits per heavy atom. The lowest BCUT2D eigenvalue weighted by Crippen LogP contribution is -2.52. The molecule has 3 aromatic rings. The van der Waals surface area contributed by atoms with Crippen molar-refractivity contribution in [2.75, 3.05) is 11.4 Å². The highest BCUT2D eigenvalue weighted by atomic mass is 19.1. The summed E-state index contributed by atoms with van der Waals surface area (Å²) in [5, 5.41) is 10.2. The number of halogens is 1. The van der Waals surface area contributed by atoms with E-state index in [2.05, 4.69) is 16.0 Å². The number of hydrogen-bond donors (Lipinski definition) is 1. The maximum absolute atomic E-state index is 14.6. The lowest BCUT2D eigenvalue weighted by atomic mass is 9.71. The van der Waals surface area contributed by atoms with Crippen LogP contribution in [-0.2, 0) is 11.8 Å². The van der Waals surface area contributed by atoms with Gasteiger partial charge in [0.2, 0.25) is 0 Å². The van der Waals surface area contributed by atoms with Crippen LogP contribution in [0.15, 0.2) is 42.5 Å². The maximum Gasteiger partial charge on any atom is 0.139 e. The summed E-state index contributed by atoms with van der Waals surface area (Å²) < 4.78 is 14.6. The zero-order valence-corrected chi connectivity index (χ0v) is 13.7. The number of H-pyrrole nitrogens is 1. The SMILES string of the molecule is N#C[C@]1(c2nc3ccccc3[nH]2)Cc2c(F)cccc2N2CCC[C@@H]21. The van der Waals surface area contributed by atoms with E-state index in [-0.39, 0.29) is 11.9 Å². The van der Waals surface area contributed by atoms with E-state index in [1.165, 1.54) is 6.07 Å². The third-order valence-electron chi connectivity index (χ3n) is 5.69. The second-order valence-electron chi connectivity index (χ2n) is 6.95. The quantitative estimate of drug-likeness (QED) is 0.739. The largest absolute Gasteiger partial charge is 0.366 e. The minimum Gasteiger partial charge on any atom is -0.366 e. The van der Waals surface area contributed by atoms with Gasteiger partial charge >= 0.3 is 0 Å². The molecule has 25 heavy (non-hydrogen) atoms. The predicted octanol–water partition coefficient (Wildman–Crippen LogP) is 3.69. The summed E-state index contributed by atoms with van der Waals surface area (Å²) in [7, 11) is 0. The molecule has 0 unspecified atom stereocenters. The number of nitrogens with one attached hydrogen (secondary N) is 1. The maximum atomic E-state index is 14.6. The summed E-state index contributed by atoms with van der Waals surface area (Å²) in [5.74, 6) is 0.417. The Morgan fingerprint density at radius 2 is 2.12 bits per heavy atom. The summed E-state index contributed by atoms with van der Waals surface area (Å²) in [6, 6.07) is 15.5. The Balaban J connectivity index is 1.75. The van der Waals surface area contributed by atoms with Gasteiger partial charge < -0.3 is 9.88 Å². The standard InChI is InChI=1S/C20H17FN4/c21-14-5-3-8-17-13(14)11-20(12-22,18-9-4-10-25(17)18)19-23-15-6-1-2-7-16(15)24-19/h1-3,5-8,18H,4,9-11H2,(H,23,24)/t18-,20-/m1/s1. The van der Waals surface area contributed by atoms with Crippen LogP contribution >= 0.6 is 0 Å². The number of para-hydroxylation sites is 2. The van der Waals surface area contributed by atoms with Gasteiger partial charge in [-0.1, -0.05) is 18.2 Å². The Bertz CT molecular complexity index is 985. The van der Waals surface area contributed by atoms with Gasteiger partial charge in [-0.25, -0.2) is 9.37 Å². The first kappa shape index (κ1) is 14.5. The molecule has 4 nitrogen and oxygen atoms in total. The second-order valence-corrected chi connectivity index (χ2v) is 6.95. The summed E-state index contributed by atoms with van der Waals surface area (Å²) in [4.78, 5) is 10.3. The van der Waals surface area contributed by atoms with Crippen molar-refractivity contribution < 1.29 is 4.39 Å². The Hall–Kier alpha value is -2.87. The number of hydrogen-bond acceptors (Lipinski definition) is 3. The lowest BCUT2D eigenvalue weighted by molar-refractivity contribution is 0.385. The highest BCUT2D eigenvalue weighted by Gasteiger charge is 2.52. The molecule has 2 aliphatic rings. The smallest absolute Gasteiger partial charge is 0.139 e. The molecule has 2 aromatic carbocycles. The zero-order chi connectivity index (χ0) is 17.0. The molecule has 1 N–H and O–H groups in total. The molecule has 0 radical (unpaired) electrons. The van der Waals surface area contributed by atoms with E-state index < -0.39 is 5.41 Å². The van der Waals surface area contributed by atoms with E-state index in [0.29, 0.717) is 17.8 Å². The van der Waals surface area contributed by atoms with Crippen molar-refractivity contribution in [2.24, 2.45) is 0 Å². The fourth-order valence-corrected chi connectivity index (χ4v) is 4.53. The number of benzene rings is 2. The Morgan fingerprint density at radius 3 is 2.96 bits per heavy atom. The molecule has 5 heteroatoms. The van der Waals surface area contributed by atoms with Gasteiger partial charge in [-0.3, -0.25) is 0 Å². The third-order valence-corrected chi connectivity index (χ3v) is 5.69. The monoisotopic (exact) mass is 332 g/mol. The van der Waals surface area contributed by atoms with Crippen molar-refractivity contribution in [2.45, 2.75) is 30.7 Å². The van der Waals surface area contributed by atoms with Gasteiger partial charge in [0.25, 0.3) is 0 Å². The molecule has 0 saturated carbocycles. The molecule has 0 bridgehead atoms. The van der Waals surface area contributed by atoms with Crippen LogP contribution in [0.2, 0.25) is 0 Å². The van der Waals surface area contributed by atoms with Crippen molar-refractivity contribution in [3.63, 3.8) is 0 Å². The molecule has 5 rings (SSSR count). The van der Waals surface area contributed by atoms with Crippen LogP contribution in [0.5, 0.6) is 0 Å². The average Bonchev–Trinajstić information content (AvgIpc) is 3.29. The van der Waals surface area contributed by atoms with E-state index in [9.17, 15) is 9.65 Å². The van der Waals surface area contributed by atoms with E-state index >= 15 is 0 Å². The summed E-state index contributed by atoms with van der Waals surface area (Å²) >= 11 is 0. The van der Waals surface area contributed by atoms with Crippen LogP contribution in [0.25, 0.3) is 11.0 Å². The average molecular weight is 332 g/mol. The van der Waals surface area contributed by atoms with Gasteiger partial charge in [-0.2, -0.15) is 5.26 Å². The molecule has 2 atom stereocenters. The topological polar surface area (TPSA) is 55.7 Å². The number of rotatable bonds is 1. The number of imidazole rings is 1. The van der Waals surface area contributed by atoms with Crippen LogP contribution in [-0.4, -0.2) is 22.6 Å². The van der Waals surface area contributed by atoms with Crippen molar-refractivity contribution in [3.05, 3.63) is 59.7 Å². The van der Waals surface area contributed by atoms with Gasteiger partial charge in [0.05, 0.1) is 23.1 Å². The van der Waals surface area contributed by atoms with Crippen LogP contribution < -0.4 is 4.90 Å². The van der Waals surface area contributed by atoms with Crippen molar-refractivity contribution in [1.29, 1.82) is 5.26 Å². The molecular weight excluding hydrogens is 315 g/mol. The Kier molecular flexibility index (Phi) is 2.93. The minimum absolute atomic E-state index is 0.0207. The van der Waals surface area contributed by atoms with Crippen molar-refractivity contribution >= 4 is 16.7 Å². The molecule has 0 aliphatic carbocycles. The van der Waals surface area contributed by atoms with Crippen LogP contribution in [0.1, 0.15) is 24.2 Å². The summed E-state index contributed by atoms with van der Waals surface area (Å²) in [6.07, 6.45) is 2.28. The number of fused-ring (bicyclic) bond motifs is 4. The molecule has 124 valence electrons. The fraction of sp³-hybridized carbons (Fsp3) is 0.300. The van der Waals surface area contributed by atoms with Crippen LogP contribution in [0.4, 0.5) is 10.1 Å². The molecule has 2 aliphatic heterocycles. The van der Waals surface area contributed by atoms with Crippen molar-refractivity contribution in [1.82, 2.24) is 9.97 Å². The van der Waals surface area contributed by atoms with Gasteiger partial charge in [0.15, 0.2) is 0 Å². The molecule has 1 fully saturated rings. The predicted molar refractivity (Wildman–Crippen MR) is 93.9 cm³/mol. The van der Waals surface area contributed by atoms with Crippen molar-refractivity contribution in [3.8, 4) is 6.07 Å². The fourth-order valence-electron chi connectivity index (χ4n) is 4.53. The number of anilines is 1. The van der Waals surface area contributed by atoms with Crippen LogP contribution in [0, 0.1) is 17.1 Å². The molecule has 3 heterocycles. The van der Waals surface area contributed by atoms with Gasteiger partial charge in [-0.05, 0) is 37.1 Å². The van der Waals surface area contributed by atoms with E-state index in [0.717, 1.165) is 36.1 Å². The van der Waals surface area contributed by atoms with Gasteiger partial charge in [-0.15, -0.1) is 0 Å². The lowest BCUT2D eigenvalue weighted by Gasteiger charge is -2.43. The second kappa shape index (κ2) is 5.06. The van der Waals surface area contributed by atoms with Gasteiger partial charge in [0, 0.05) is 24.2 Å². The Labute approximate surface area is 144 Å². The molecule has 0 amide bonds. The first-order valence-electron chi connectivity index (χ1n) is 8.63. The number of aromatic amines is 1. The highest BCUT2D eigenvalue weighted by molar-refractivity contribution is 5.75. The highest BCUT2D eigenvalue weighted by Crippen LogP contribution is 2.47. The first-order chi connectivity index (χ1) is 12.2. The van der Waals surface area contributed by atoms with Gasteiger partial charge in [0.1, 0.15) is 17.1 Å².